The maximum atomic E-state index is 5.95. The summed E-state index contributed by atoms with van der Waals surface area (Å²) in [6.45, 7) is 0. The molecule has 4 heteroatoms. The number of hydrogen-bond donors (Lipinski definition) is 1. The topological polar surface area (TPSA) is 28.7 Å². The van der Waals surface area contributed by atoms with Crippen molar-refractivity contribution in [2.45, 2.75) is 0 Å². The van der Waals surface area contributed by atoms with Gasteiger partial charge in [0.25, 0.3) is 0 Å². The third-order valence-corrected chi connectivity index (χ3v) is 2.98. The predicted molar refractivity (Wildman–Crippen MR) is 56.7 cm³/mol. The molecule has 0 spiro atoms. The largest absolute Gasteiger partial charge is 0.285 e. The number of nitrogens with zero attached hydrogens (tertiary/aromatic N) is 1. The van der Waals surface area contributed by atoms with E-state index in [9.17, 15) is 0 Å². The fraction of sp³-hybridized carbons (Fsp3) is 0. The first-order valence-electron chi connectivity index (χ1n) is 3.71. The molecule has 0 radical (unpaired) electrons. The molecular weight excluding hydrogens is 251 g/mol. The van der Waals surface area contributed by atoms with Crippen LogP contribution in [0.3, 0.4) is 0 Å². The lowest BCUT2D eigenvalue weighted by Crippen LogP contribution is -1.74. The number of nitrogens with one attached hydrogen (secondary N) is 1. The molecule has 1 aromatic carbocycles. The minimum absolute atomic E-state index is 0.707. The van der Waals surface area contributed by atoms with Crippen LogP contribution in [0.15, 0.2) is 35.1 Å². The Bertz CT molecular complexity index is 412. The highest BCUT2D eigenvalue weighted by atomic mass is 79.9. The molecule has 1 heterocycles. The van der Waals surface area contributed by atoms with Crippen molar-refractivity contribution >= 4 is 27.5 Å². The van der Waals surface area contributed by atoms with Gasteiger partial charge < -0.3 is 0 Å². The number of hydrogen-bond acceptors (Lipinski definition) is 1. The third-order valence-electron chi connectivity index (χ3n) is 1.75. The van der Waals surface area contributed by atoms with E-state index in [1.54, 1.807) is 6.20 Å². The second-order valence-electron chi connectivity index (χ2n) is 2.62. The molecule has 0 aliphatic rings. The number of aromatic nitrogens is 2. The van der Waals surface area contributed by atoms with Crippen molar-refractivity contribution in [3.8, 4) is 11.1 Å². The standard InChI is InChI=1S/C9H6BrClN2/c10-8-2-1-6(3-9(8)11)7-4-12-13-5-7/h1-5H,(H,12,13). The number of benzene rings is 1. The van der Waals surface area contributed by atoms with Gasteiger partial charge in [0.1, 0.15) is 0 Å². The second-order valence-corrected chi connectivity index (χ2v) is 3.88. The highest BCUT2D eigenvalue weighted by Gasteiger charge is 2.01. The summed E-state index contributed by atoms with van der Waals surface area (Å²) in [4.78, 5) is 0. The number of halogens is 2. The second kappa shape index (κ2) is 3.52. The van der Waals surface area contributed by atoms with Gasteiger partial charge in [0.2, 0.25) is 0 Å². The van der Waals surface area contributed by atoms with E-state index >= 15 is 0 Å². The van der Waals surface area contributed by atoms with Gasteiger partial charge in [-0.25, -0.2) is 0 Å². The molecule has 0 aliphatic carbocycles. The van der Waals surface area contributed by atoms with Crippen LogP contribution >= 0.6 is 27.5 Å². The van der Waals surface area contributed by atoms with Crippen molar-refractivity contribution in [2.75, 3.05) is 0 Å². The van der Waals surface area contributed by atoms with Crippen molar-refractivity contribution < 1.29 is 0 Å². The van der Waals surface area contributed by atoms with Crippen LogP contribution in [-0.4, -0.2) is 10.2 Å². The maximum absolute atomic E-state index is 5.95. The molecule has 0 fully saturated rings. The quantitative estimate of drug-likeness (QED) is 0.832. The normalized spacial score (nSPS) is 10.3. The van der Waals surface area contributed by atoms with Gasteiger partial charge in [0.05, 0.1) is 11.2 Å². The van der Waals surface area contributed by atoms with Crippen molar-refractivity contribution in [1.82, 2.24) is 10.2 Å². The summed E-state index contributed by atoms with van der Waals surface area (Å²) in [5.41, 5.74) is 2.09. The van der Waals surface area contributed by atoms with Crippen LogP contribution in [0.2, 0.25) is 5.02 Å². The summed E-state index contributed by atoms with van der Waals surface area (Å²) < 4.78 is 0.904. The summed E-state index contributed by atoms with van der Waals surface area (Å²) in [5.74, 6) is 0. The Kier molecular flexibility index (Phi) is 2.38. The van der Waals surface area contributed by atoms with Crippen LogP contribution in [0.25, 0.3) is 11.1 Å². The molecular formula is C9H6BrClN2. The van der Waals surface area contributed by atoms with Crippen LogP contribution in [0.5, 0.6) is 0 Å². The highest BCUT2D eigenvalue weighted by Crippen LogP contribution is 2.27. The molecule has 0 bridgehead atoms. The Hall–Kier alpha value is -0.800. The van der Waals surface area contributed by atoms with Gasteiger partial charge in [-0.15, -0.1) is 0 Å². The lowest BCUT2D eigenvalue weighted by molar-refractivity contribution is 1.09. The van der Waals surface area contributed by atoms with Gasteiger partial charge in [-0.1, -0.05) is 17.7 Å². The van der Waals surface area contributed by atoms with Gasteiger partial charge in [-0.05, 0) is 33.6 Å². The average Bonchev–Trinajstić information content (AvgIpc) is 2.62. The van der Waals surface area contributed by atoms with E-state index in [1.807, 2.05) is 24.4 Å². The van der Waals surface area contributed by atoms with E-state index < -0.39 is 0 Å². The van der Waals surface area contributed by atoms with Gasteiger partial charge in [-0.3, -0.25) is 5.10 Å². The first kappa shape index (κ1) is 8.78. The summed E-state index contributed by atoms with van der Waals surface area (Å²) in [7, 11) is 0. The lowest BCUT2D eigenvalue weighted by atomic mass is 10.1. The molecule has 0 saturated carbocycles. The molecule has 13 heavy (non-hydrogen) atoms. The number of H-pyrrole nitrogens is 1. The van der Waals surface area contributed by atoms with Gasteiger partial charge in [-0.2, -0.15) is 5.10 Å². The van der Waals surface area contributed by atoms with E-state index in [0.717, 1.165) is 15.6 Å². The van der Waals surface area contributed by atoms with Gasteiger partial charge >= 0.3 is 0 Å². The zero-order valence-electron chi connectivity index (χ0n) is 6.59. The SMILES string of the molecule is Clc1cc(-c2cn[nH]c2)ccc1Br. The minimum Gasteiger partial charge on any atom is -0.285 e. The Morgan fingerprint density at radius 3 is 2.77 bits per heavy atom. The molecule has 2 rings (SSSR count). The Morgan fingerprint density at radius 2 is 2.15 bits per heavy atom. The molecule has 1 N–H and O–H groups in total. The fourth-order valence-electron chi connectivity index (χ4n) is 1.08. The zero-order valence-corrected chi connectivity index (χ0v) is 8.93. The van der Waals surface area contributed by atoms with Crippen LogP contribution < -0.4 is 0 Å². The Balaban J connectivity index is 2.49. The Labute approximate surface area is 89.1 Å². The van der Waals surface area contributed by atoms with Crippen molar-refractivity contribution in [2.24, 2.45) is 0 Å². The van der Waals surface area contributed by atoms with Crippen LogP contribution in [0.1, 0.15) is 0 Å². The van der Waals surface area contributed by atoms with E-state index in [2.05, 4.69) is 26.1 Å². The van der Waals surface area contributed by atoms with E-state index in [1.165, 1.54) is 0 Å². The molecule has 2 aromatic rings. The first-order valence-corrected chi connectivity index (χ1v) is 4.88. The molecule has 2 nitrogen and oxygen atoms in total. The summed E-state index contributed by atoms with van der Waals surface area (Å²) in [6.07, 6.45) is 3.60. The van der Waals surface area contributed by atoms with Crippen molar-refractivity contribution in [3.63, 3.8) is 0 Å². The average molecular weight is 258 g/mol. The van der Waals surface area contributed by atoms with E-state index in [-0.39, 0.29) is 0 Å². The van der Waals surface area contributed by atoms with Gasteiger partial charge in [0, 0.05) is 16.2 Å². The molecule has 0 aliphatic heterocycles. The zero-order chi connectivity index (χ0) is 9.26. The van der Waals surface area contributed by atoms with E-state index in [4.69, 9.17) is 11.6 Å². The molecule has 0 atom stereocenters. The monoisotopic (exact) mass is 256 g/mol. The van der Waals surface area contributed by atoms with E-state index in [0.29, 0.717) is 5.02 Å². The summed E-state index contributed by atoms with van der Waals surface area (Å²) in [5, 5.41) is 7.34. The fourth-order valence-corrected chi connectivity index (χ4v) is 1.51. The summed E-state index contributed by atoms with van der Waals surface area (Å²) in [6, 6.07) is 5.81. The van der Waals surface area contributed by atoms with Crippen molar-refractivity contribution in [3.05, 3.63) is 40.1 Å². The van der Waals surface area contributed by atoms with Crippen LogP contribution in [-0.2, 0) is 0 Å². The number of rotatable bonds is 1. The lowest BCUT2D eigenvalue weighted by Gasteiger charge is -1.99. The molecule has 0 unspecified atom stereocenters. The summed E-state index contributed by atoms with van der Waals surface area (Å²) >= 11 is 9.29. The molecule has 1 aromatic heterocycles. The third kappa shape index (κ3) is 1.76. The van der Waals surface area contributed by atoms with Crippen LogP contribution in [0.4, 0.5) is 0 Å². The minimum atomic E-state index is 0.707. The Morgan fingerprint density at radius 1 is 1.31 bits per heavy atom. The number of aromatic amines is 1. The molecule has 66 valence electrons. The predicted octanol–water partition coefficient (Wildman–Crippen LogP) is 3.49. The molecule has 0 amide bonds. The first-order chi connectivity index (χ1) is 6.27. The van der Waals surface area contributed by atoms with Crippen LogP contribution in [0, 0.1) is 0 Å². The molecule has 0 saturated heterocycles. The van der Waals surface area contributed by atoms with Gasteiger partial charge in [0.15, 0.2) is 0 Å². The maximum Gasteiger partial charge on any atom is 0.0565 e. The van der Waals surface area contributed by atoms with Crippen molar-refractivity contribution in [1.29, 1.82) is 0 Å². The highest BCUT2D eigenvalue weighted by molar-refractivity contribution is 9.10. The smallest absolute Gasteiger partial charge is 0.0565 e.